The fraction of sp³-hybridized carbons (Fsp3) is 0.429. The molecule has 2 aromatic rings. The molecule has 2 aromatic carbocycles. The second-order valence-electron chi connectivity index (χ2n) is 6.59. The Morgan fingerprint density at radius 1 is 1.07 bits per heavy atom. The van der Waals surface area contributed by atoms with Crippen LogP contribution in [0.25, 0.3) is 0 Å². The van der Waals surface area contributed by atoms with Gasteiger partial charge in [0.1, 0.15) is 5.75 Å². The number of hydrogen-bond acceptors (Lipinski definition) is 4. The number of aryl methyl sites for hydroxylation is 1. The van der Waals surface area contributed by atoms with E-state index in [0.717, 1.165) is 38.0 Å². The van der Waals surface area contributed by atoms with Gasteiger partial charge in [-0.2, -0.15) is 0 Å². The van der Waals surface area contributed by atoms with Crippen molar-refractivity contribution < 1.29 is 9.84 Å². The van der Waals surface area contributed by atoms with E-state index < -0.39 is 6.10 Å². The van der Waals surface area contributed by atoms with E-state index in [1.807, 2.05) is 12.1 Å². The number of anilines is 1. The molecular weight excluding hydrogens is 383 g/mol. The van der Waals surface area contributed by atoms with Crippen molar-refractivity contribution in [2.75, 3.05) is 25.9 Å². The van der Waals surface area contributed by atoms with Gasteiger partial charge in [-0.3, -0.25) is 0 Å². The summed E-state index contributed by atoms with van der Waals surface area (Å²) in [6.45, 7) is 1.32. The minimum Gasteiger partial charge on any atom is -0.496 e. The second-order valence-corrected chi connectivity index (χ2v) is 7.41. The quantitative estimate of drug-likeness (QED) is 0.359. The normalized spacial score (nSPS) is 12.1. The molecule has 0 spiro atoms. The van der Waals surface area contributed by atoms with Crippen molar-refractivity contribution in [2.45, 2.75) is 38.2 Å². The van der Waals surface area contributed by atoms with Crippen LogP contribution in [0.3, 0.4) is 0 Å². The van der Waals surface area contributed by atoms with Crippen LogP contribution in [-0.4, -0.2) is 25.3 Å². The Hall–Kier alpha value is -1.46. The molecule has 0 saturated heterocycles. The summed E-state index contributed by atoms with van der Waals surface area (Å²) >= 11 is 12.0. The monoisotopic (exact) mass is 410 g/mol. The first-order valence-corrected chi connectivity index (χ1v) is 10.0. The molecule has 0 aromatic heterocycles. The van der Waals surface area contributed by atoms with Crippen molar-refractivity contribution in [3.05, 3.63) is 57.6 Å². The van der Waals surface area contributed by atoms with E-state index >= 15 is 0 Å². The molecule has 0 fully saturated rings. The highest BCUT2D eigenvalue weighted by Gasteiger charge is 2.11. The van der Waals surface area contributed by atoms with Crippen molar-refractivity contribution in [3.8, 4) is 5.75 Å². The third-order valence-electron chi connectivity index (χ3n) is 4.57. The number of aliphatic hydroxyl groups is 1. The molecule has 0 aliphatic heterocycles. The lowest BCUT2D eigenvalue weighted by Gasteiger charge is -2.14. The number of unbranched alkanes of at least 4 members (excludes halogenated alkanes) is 3. The topological polar surface area (TPSA) is 67.5 Å². The van der Waals surface area contributed by atoms with Crippen LogP contribution in [0.15, 0.2) is 36.4 Å². The van der Waals surface area contributed by atoms with Crippen molar-refractivity contribution in [1.82, 2.24) is 5.32 Å². The van der Waals surface area contributed by atoms with Crippen LogP contribution in [0.1, 0.15) is 42.9 Å². The second kappa shape index (κ2) is 11.4. The highest BCUT2D eigenvalue weighted by Crippen LogP contribution is 2.31. The molecular formula is C21H28Cl2N2O2. The number of para-hydroxylation sites is 1. The van der Waals surface area contributed by atoms with E-state index in [1.54, 1.807) is 19.2 Å². The summed E-state index contributed by atoms with van der Waals surface area (Å²) in [6.07, 6.45) is 4.91. The van der Waals surface area contributed by atoms with E-state index in [9.17, 15) is 5.11 Å². The molecule has 0 radical (unpaired) electrons. The van der Waals surface area contributed by atoms with Crippen molar-refractivity contribution in [2.24, 2.45) is 0 Å². The molecule has 4 nitrogen and oxygen atoms in total. The van der Waals surface area contributed by atoms with E-state index in [1.165, 1.54) is 12.0 Å². The average molecular weight is 411 g/mol. The molecule has 0 heterocycles. The summed E-state index contributed by atoms with van der Waals surface area (Å²) in [7, 11) is 1.71. The zero-order valence-electron chi connectivity index (χ0n) is 15.7. The van der Waals surface area contributed by atoms with Gasteiger partial charge < -0.3 is 20.9 Å². The summed E-state index contributed by atoms with van der Waals surface area (Å²) in [5, 5.41) is 14.3. The Bertz CT molecular complexity index is 702. The Morgan fingerprint density at radius 2 is 1.74 bits per heavy atom. The summed E-state index contributed by atoms with van der Waals surface area (Å²) in [5.74, 6) is 0.969. The first-order chi connectivity index (χ1) is 13.0. The van der Waals surface area contributed by atoms with Gasteiger partial charge in [-0.1, -0.05) is 54.2 Å². The predicted octanol–water partition coefficient (Wildman–Crippen LogP) is 5.01. The Labute approximate surface area is 171 Å². The third kappa shape index (κ3) is 6.89. The summed E-state index contributed by atoms with van der Waals surface area (Å²) in [6, 6.07) is 11.5. The van der Waals surface area contributed by atoms with Crippen molar-refractivity contribution >= 4 is 28.9 Å². The fourth-order valence-corrected chi connectivity index (χ4v) is 3.49. The van der Waals surface area contributed by atoms with Gasteiger partial charge in [-0.25, -0.2) is 0 Å². The number of aliphatic hydroxyl groups excluding tert-OH is 1. The maximum absolute atomic E-state index is 10.2. The largest absolute Gasteiger partial charge is 0.496 e. The SMILES string of the molecule is COc1ccccc1CCCCCCNCC(O)c1cc(Cl)c(N)c(Cl)c1. The molecule has 0 amide bonds. The first-order valence-electron chi connectivity index (χ1n) is 9.28. The minimum absolute atomic E-state index is 0.343. The minimum atomic E-state index is -0.661. The highest BCUT2D eigenvalue weighted by molar-refractivity contribution is 6.38. The number of methoxy groups -OCH3 is 1. The highest BCUT2D eigenvalue weighted by atomic mass is 35.5. The molecule has 4 N–H and O–H groups in total. The number of nitrogens with one attached hydrogen (secondary N) is 1. The van der Waals surface area contributed by atoms with Gasteiger partial charge in [0, 0.05) is 6.54 Å². The number of nitrogen functional groups attached to an aromatic ring is 1. The number of ether oxygens (including phenoxy) is 1. The van der Waals surface area contributed by atoms with Crippen molar-refractivity contribution in [1.29, 1.82) is 0 Å². The number of nitrogens with two attached hydrogens (primary N) is 1. The predicted molar refractivity (Wildman–Crippen MR) is 114 cm³/mol. The molecule has 1 unspecified atom stereocenters. The van der Waals surface area contributed by atoms with Gasteiger partial charge in [0.2, 0.25) is 0 Å². The van der Waals surface area contributed by atoms with E-state index in [-0.39, 0.29) is 0 Å². The molecule has 6 heteroatoms. The summed E-state index contributed by atoms with van der Waals surface area (Å²) in [4.78, 5) is 0. The lowest BCUT2D eigenvalue weighted by atomic mass is 10.1. The van der Waals surface area contributed by atoms with E-state index in [0.29, 0.717) is 27.8 Å². The fourth-order valence-electron chi connectivity index (χ4n) is 2.98. The van der Waals surface area contributed by atoms with E-state index in [2.05, 4.69) is 17.4 Å². The zero-order valence-corrected chi connectivity index (χ0v) is 17.2. The van der Waals surface area contributed by atoms with Gasteiger partial charge >= 0.3 is 0 Å². The lowest BCUT2D eigenvalue weighted by molar-refractivity contribution is 0.174. The van der Waals surface area contributed by atoms with Gasteiger partial charge in [0.15, 0.2) is 0 Å². The molecule has 1 atom stereocenters. The van der Waals surface area contributed by atoms with Gasteiger partial charge in [0.25, 0.3) is 0 Å². The van der Waals surface area contributed by atoms with Crippen LogP contribution in [0, 0.1) is 0 Å². The van der Waals surface area contributed by atoms with Crippen molar-refractivity contribution in [3.63, 3.8) is 0 Å². The Morgan fingerprint density at radius 3 is 2.44 bits per heavy atom. The third-order valence-corrected chi connectivity index (χ3v) is 5.19. The van der Waals surface area contributed by atoms with E-state index in [4.69, 9.17) is 33.7 Å². The standard InChI is InChI=1S/C21H28Cl2N2O2/c1-27-20-10-6-5-9-15(20)8-4-2-3-7-11-25-14-19(26)16-12-17(22)21(24)18(23)13-16/h5-6,9-10,12-13,19,25-26H,2-4,7-8,11,14,24H2,1H3. The van der Waals surface area contributed by atoms with Crippen LogP contribution >= 0.6 is 23.2 Å². The summed E-state index contributed by atoms with van der Waals surface area (Å²) in [5.41, 5.74) is 7.99. The molecule has 27 heavy (non-hydrogen) atoms. The average Bonchev–Trinajstić information content (AvgIpc) is 2.67. The lowest BCUT2D eigenvalue weighted by Crippen LogP contribution is -2.22. The maximum Gasteiger partial charge on any atom is 0.122 e. The van der Waals surface area contributed by atoms with Crippen LogP contribution in [0.5, 0.6) is 5.75 Å². The number of halogens is 2. The van der Waals surface area contributed by atoms with Crippen LogP contribution in [0.2, 0.25) is 10.0 Å². The number of benzene rings is 2. The molecule has 0 aliphatic rings. The zero-order chi connectivity index (χ0) is 19.6. The molecule has 2 rings (SSSR count). The van der Waals surface area contributed by atoms with Gasteiger partial charge in [-0.15, -0.1) is 0 Å². The number of hydrogen-bond donors (Lipinski definition) is 3. The number of rotatable bonds is 11. The maximum atomic E-state index is 10.2. The summed E-state index contributed by atoms with van der Waals surface area (Å²) < 4.78 is 5.38. The first kappa shape index (κ1) is 21.8. The van der Waals surface area contributed by atoms with Crippen LogP contribution in [-0.2, 0) is 6.42 Å². The molecule has 0 saturated carbocycles. The van der Waals surface area contributed by atoms with Crippen LogP contribution in [0.4, 0.5) is 5.69 Å². The molecule has 0 aliphatic carbocycles. The Balaban J connectivity index is 1.59. The smallest absolute Gasteiger partial charge is 0.122 e. The molecule has 148 valence electrons. The van der Waals surface area contributed by atoms with Gasteiger partial charge in [-0.05, 0) is 55.1 Å². The Kier molecular flexibility index (Phi) is 9.22. The van der Waals surface area contributed by atoms with Crippen LogP contribution < -0.4 is 15.8 Å². The molecule has 0 bridgehead atoms. The van der Waals surface area contributed by atoms with Gasteiger partial charge in [0.05, 0.1) is 28.9 Å².